The molecule has 0 aromatic heterocycles. The molecule has 13 heavy (non-hydrogen) atoms. The highest BCUT2D eigenvalue weighted by Crippen LogP contribution is 2.21. The van der Waals surface area contributed by atoms with Gasteiger partial charge in [0.1, 0.15) is 0 Å². The molecule has 0 aliphatic rings. The molecule has 0 bridgehead atoms. The number of carbonyl (C=O) groups excluding carboxylic acids is 1. The van der Waals surface area contributed by atoms with Gasteiger partial charge in [0.25, 0.3) is 0 Å². The highest BCUT2D eigenvalue weighted by Gasteiger charge is 2.28. The maximum absolute atomic E-state index is 11.2. The van der Waals surface area contributed by atoms with Gasteiger partial charge >= 0.3 is 6.03 Å². The van der Waals surface area contributed by atoms with Gasteiger partial charge in [-0.2, -0.15) is 0 Å². The summed E-state index contributed by atoms with van der Waals surface area (Å²) < 4.78 is 0. The van der Waals surface area contributed by atoms with Gasteiger partial charge in [0, 0.05) is 12.1 Å². The number of nitrogens with two attached hydrogens (primary N) is 1. The van der Waals surface area contributed by atoms with E-state index in [1.807, 2.05) is 20.8 Å². The van der Waals surface area contributed by atoms with Crippen LogP contribution in [0.2, 0.25) is 0 Å². The second-order valence-electron chi connectivity index (χ2n) is 5.66. The molecule has 0 atom stereocenters. The van der Waals surface area contributed by atoms with Crippen molar-refractivity contribution in [2.24, 2.45) is 11.1 Å². The fourth-order valence-electron chi connectivity index (χ4n) is 1.12. The first-order chi connectivity index (χ1) is 5.54. The van der Waals surface area contributed by atoms with Crippen LogP contribution in [-0.4, -0.2) is 23.0 Å². The minimum atomic E-state index is -0.345. The van der Waals surface area contributed by atoms with Gasteiger partial charge in [-0.3, -0.25) is 0 Å². The predicted octanol–water partition coefficient (Wildman–Crippen LogP) is 2.21. The monoisotopic (exact) mass is 186 g/mol. The lowest BCUT2D eigenvalue weighted by atomic mass is 9.93. The first-order valence-electron chi connectivity index (χ1n) is 4.61. The minimum Gasteiger partial charge on any atom is -0.351 e. The van der Waals surface area contributed by atoms with E-state index in [9.17, 15) is 4.79 Å². The molecule has 2 amide bonds. The van der Waals surface area contributed by atoms with Crippen molar-refractivity contribution in [2.75, 3.05) is 6.54 Å². The van der Waals surface area contributed by atoms with E-state index in [0.29, 0.717) is 6.54 Å². The third kappa shape index (κ3) is 4.76. The van der Waals surface area contributed by atoms with E-state index in [1.54, 1.807) is 4.90 Å². The molecule has 0 fully saturated rings. The summed E-state index contributed by atoms with van der Waals surface area (Å²) in [5, 5.41) is 0. The van der Waals surface area contributed by atoms with E-state index in [-0.39, 0.29) is 17.0 Å². The van der Waals surface area contributed by atoms with Crippen LogP contribution in [0.4, 0.5) is 4.79 Å². The quantitative estimate of drug-likeness (QED) is 0.670. The number of nitrogens with zero attached hydrogens (tertiary/aromatic N) is 1. The van der Waals surface area contributed by atoms with E-state index < -0.39 is 0 Å². The van der Waals surface area contributed by atoms with E-state index >= 15 is 0 Å². The van der Waals surface area contributed by atoms with Crippen LogP contribution >= 0.6 is 0 Å². The minimum absolute atomic E-state index is 0.0856. The molecule has 3 heteroatoms. The molecular weight excluding hydrogens is 164 g/mol. The van der Waals surface area contributed by atoms with Crippen molar-refractivity contribution in [2.45, 2.75) is 47.1 Å². The third-order valence-corrected chi connectivity index (χ3v) is 1.71. The van der Waals surface area contributed by atoms with Gasteiger partial charge in [0.2, 0.25) is 0 Å². The zero-order valence-electron chi connectivity index (χ0n) is 9.64. The Kier molecular flexibility index (Phi) is 3.36. The van der Waals surface area contributed by atoms with Gasteiger partial charge in [-0.1, -0.05) is 20.8 Å². The zero-order valence-corrected chi connectivity index (χ0v) is 9.64. The molecule has 0 aliphatic carbocycles. The Morgan fingerprint density at radius 3 is 1.62 bits per heavy atom. The highest BCUT2D eigenvalue weighted by atomic mass is 16.2. The summed E-state index contributed by atoms with van der Waals surface area (Å²) in [6.45, 7) is 12.9. The van der Waals surface area contributed by atoms with Crippen LogP contribution in [0.3, 0.4) is 0 Å². The summed E-state index contributed by atoms with van der Waals surface area (Å²) >= 11 is 0. The fourth-order valence-corrected chi connectivity index (χ4v) is 1.12. The summed E-state index contributed by atoms with van der Waals surface area (Å²) in [5.41, 5.74) is 5.21. The number of rotatable bonds is 1. The van der Waals surface area contributed by atoms with Crippen molar-refractivity contribution in [3.8, 4) is 0 Å². The Morgan fingerprint density at radius 2 is 1.54 bits per heavy atom. The number of carbonyl (C=O) groups is 1. The van der Waals surface area contributed by atoms with Crippen LogP contribution in [0, 0.1) is 5.41 Å². The zero-order chi connectivity index (χ0) is 10.9. The summed E-state index contributed by atoms with van der Waals surface area (Å²) in [7, 11) is 0. The number of hydrogen-bond donors (Lipinski definition) is 1. The maximum Gasteiger partial charge on any atom is 0.315 e. The van der Waals surface area contributed by atoms with Crippen molar-refractivity contribution in [1.29, 1.82) is 0 Å². The van der Waals surface area contributed by atoms with E-state index in [2.05, 4.69) is 20.8 Å². The lowest BCUT2D eigenvalue weighted by Gasteiger charge is -2.38. The Morgan fingerprint density at radius 1 is 1.15 bits per heavy atom. The molecule has 0 radical (unpaired) electrons. The molecule has 0 unspecified atom stereocenters. The van der Waals surface area contributed by atoms with Crippen molar-refractivity contribution in [1.82, 2.24) is 4.90 Å². The maximum atomic E-state index is 11.2. The number of primary amides is 1. The van der Waals surface area contributed by atoms with Gasteiger partial charge in [0.05, 0.1) is 0 Å². The molecule has 0 aliphatic heterocycles. The fraction of sp³-hybridized carbons (Fsp3) is 0.900. The molecule has 0 saturated heterocycles. The van der Waals surface area contributed by atoms with Crippen LogP contribution in [0.15, 0.2) is 0 Å². The number of hydrogen-bond acceptors (Lipinski definition) is 1. The second kappa shape index (κ2) is 3.56. The van der Waals surface area contributed by atoms with Crippen LogP contribution in [0.1, 0.15) is 41.5 Å². The van der Waals surface area contributed by atoms with E-state index in [0.717, 1.165) is 0 Å². The SMILES string of the molecule is CC(C)(C)CN(C(N)=O)C(C)(C)C. The highest BCUT2D eigenvalue weighted by molar-refractivity contribution is 5.72. The van der Waals surface area contributed by atoms with Gasteiger partial charge < -0.3 is 10.6 Å². The average molecular weight is 186 g/mol. The second-order valence-corrected chi connectivity index (χ2v) is 5.66. The first kappa shape index (κ1) is 12.3. The molecule has 0 rings (SSSR count). The van der Waals surface area contributed by atoms with Gasteiger partial charge in [0.15, 0.2) is 0 Å². The van der Waals surface area contributed by atoms with Gasteiger partial charge in [-0.05, 0) is 26.2 Å². The van der Waals surface area contributed by atoms with Crippen LogP contribution in [0.25, 0.3) is 0 Å². The molecule has 3 nitrogen and oxygen atoms in total. The molecular formula is C10H22N2O. The topological polar surface area (TPSA) is 46.3 Å². The molecule has 0 heterocycles. The normalized spacial score (nSPS) is 12.8. The van der Waals surface area contributed by atoms with E-state index in [4.69, 9.17) is 5.73 Å². The van der Waals surface area contributed by atoms with Crippen LogP contribution < -0.4 is 5.73 Å². The molecule has 0 aromatic rings. The average Bonchev–Trinajstić information content (AvgIpc) is 1.77. The standard InChI is InChI=1S/C10H22N2O/c1-9(2,3)7-12(8(11)13)10(4,5)6/h7H2,1-6H3,(H2,11,13). The molecule has 0 saturated carbocycles. The van der Waals surface area contributed by atoms with Gasteiger partial charge in [-0.25, -0.2) is 4.79 Å². The summed E-state index contributed by atoms with van der Waals surface area (Å²) in [6.07, 6.45) is 0. The van der Waals surface area contributed by atoms with Crippen molar-refractivity contribution in [3.63, 3.8) is 0 Å². The summed E-state index contributed by atoms with van der Waals surface area (Å²) in [4.78, 5) is 12.9. The van der Waals surface area contributed by atoms with Crippen molar-refractivity contribution >= 4 is 6.03 Å². The molecule has 0 aromatic carbocycles. The third-order valence-electron chi connectivity index (χ3n) is 1.71. The Labute approximate surface area is 81.3 Å². The van der Waals surface area contributed by atoms with Crippen molar-refractivity contribution in [3.05, 3.63) is 0 Å². The Bertz CT molecular complexity index is 186. The first-order valence-corrected chi connectivity index (χ1v) is 4.61. The lowest BCUT2D eigenvalue weighted by Crippen LogP contribution is -2.51. The van der Waals surface area contributed by atoms with Crippen LogP contribution in [0.5, 0.6) is 0 Å². The summed E-state index contributed by atoms with van der Waals surface area (Å²) in [5.74, 6) is 0. The molecule has 78 valence electrons. The molecule has 0 spiro atoms. The predicted molar refractivity (Wildman–Crippen MR) is 55.5 cm³/mol. The Balaban J connectivity index is 4.56. The lowest BCUT2D eigenvalue weighted by molar-refractivity contribution is 0.120. The van der Waals surface area contributed by atoms with Crippen LogP contribution in [-0.2, 0) is 0 Å². The van der Waals surface area contributed by atoms with Crippen molar-refractivity contribution < 1.29 is 4.79 Å². The van der Waals surface area contributed by atoms with E-state index in [1.165, 1.54) is 0 Å². The Hall–Kier alpha value is -0.730. The molecule has 2 N–H and O–H groups in total. The largest absolute Gasteiger partial charge is 0.351 e. The van der Waals surface area contributed by atoms with Gasteiger partial charge in [-0.15, -0.1) is 0 Å². The number of amides is 2. The number of urea groups is 1. The smallest absolute Gasteiger partial charge is 0.315 e. The summed E-state index contributed by atoms with van der Waals surface area (Å²) in [6, 6.07) is -0.345.